The zero-order valence-corrected chi connectivity index (χ0v) is 7.71. The Bertz CT molecular complexity index is 204. The van der Waals surface area contributed by atoms with Gasteiger partial charge >= 0.3 is 0 Å². The van der Waals surface area contributed by atoms with E-state index < -0.39 is 7.37 Å². The summed E-state index contributed by atoms with van der Waals surface area (Å²) in [7, 11) is -2.37. The Hall–Kier alpha value is 0.0600. The molecule has 0 saturated heterocycles. The summed E-state index contributed by atoms with van der Waals surface area (Å²) >= 11 is 5.61. The predicted octanol–water partition coefficient (Wildman–Crippen LogP) is 2.78. The molecule has 0 aromatic heterocycles. The molecular formula is C6H10ClO2P. The van der Waals surface area contributed by atoms with Crippen molar-refractivity contribution in [3.8, 4) is 0 Å². The van der Waals surface area contributed by atoms with E-state index in [9.17, 15) is 4.57 Å². The maximum Gasteiger partial charge on any atom is 0.252 e. The van der Waals surface area contributed by atoms with Gasteiger partial charge in [0.15, 0.2) is 5.22 Å². The minimum atomic E-state index is -2.37. The van der Waals surface area contributed by atoms with E-state index in [1.807, 2.05) is 13.8 Å². The first-order chi connectivity index (χ1) is 4.57. The third kappa shape index (κ3) is 1.38. The zero-order chi connectivity index (χ0) is 7.78. The zero-order valence-electron chi connectivity index (χ0n) is 6.06. The molecule has 0 N–H and O–H groups in total. The van der Waals surface area contributed by atoms with Crippen molar-refractivity contribution >= 4 is 19.0 Å². The maximum atomic E-state index is 11.5. The minimum absolute atomic E-state index is 0.338. The van der Waals surface area contributed by atoms with Crippen molar-refractivity contribution in [2.24, 2.45) is 0 Å². The molecule has 0 amide bonds. The van der Waals surface area contributed by atoms with Crippen LogP contribution in [0.5, 0.6) is 0 Å². The Morgan fingerprint density at radius 1 is 1.80 bits per heavy atom. The van der Waals surface area contributed by atoms with Gasteiger partial charge in [0.2, 0.25) is 0 Å². The number of hydrogen-bond acceptors (Lipinski definition) is 2. The summed E-state index contributed by atoms with van der Waals surface area (Å²) in [6, 6.07) is 0. The first-order valence-corrected chi connectivity index (χ1v) is 5.57. The second kappa shape index (κ2) is 2.60. The monoisotopic (exact) mass is 180 g/mol. The fourth-order valence-corrected chi connectivity index (χ4v) is 3.12. The normalized spacial score (nSPS) is 32.7. The lowest BCUT2D eigenvalue weighted by molar-refractivity contribution is 0.443. The minimum Gasteiger partial charge on any atom is -0.431 e. The summed E-state index contributed by atoms with van der Waals surface area (Å²) < 4.78 is 16.5. The van der Waals surface area contributed by atoms with Crippen LogP contribution in [0, 0.1) is 0 Å². The van der Waals surface area contributed by atoms with E-state index in [2.05, 4.69) is 0 Å². The van der Waals surface area contributed by atoms with Crippen LogP contribution < -0.4 is 0 Å². The lowest BCUT2D eigenvalue weighted by Crippen LogP contribution is -1.86. The third-order valence-corrected chi connectivity index (χ3v) is 4.48. The molecule has 0 saturated carbocycles. The molecule has 1 aliphatic rings. The highest BCUT2D eigenvalue weighted by molar-refractivity contribution is 7.59. The van der Waals surface area contributed by atoms with Crippen LogP contribution in [-0.2, 0) is 9.09 Å². The fourth-order valence-electron chi connectivity index (χ4n) is 0.856. The van der Waals surface area contributed by atoms with Crippen LogP contribution in [0.4, 0.5) is 0 Å². The Balaban J connectivity index is 2.76. The summed E-state index contributed by atoms with van der Waals surface area (Å²) in [4.78, 5) is 0. The predicted molar refractivity (Wildman–Crippen MR) is 42.7 cm³/mol. The SMILES string of the molecule is CCP1(=O)CC(C)=C(Cl)O1. The van der Waals surface area contributed by atoms with E-state index in [-0.39, 0.29) is 0 Å². The van der Waals surface area contributed by atoms with Crippen LogP contribution >= 0.6 is 19.0 Å². The average Bonchev–Trinajstić information content (AvgIpc) is 2.10. The Labute approximate surface area is 65.7 Å². The van der Waals surface area contributed by atoms with Gasteiger partial charge in [-0.25, -0.2) is 0 Å². The largest absolute Gasteiger partial charge is 0.431 e. The number of hydrogen-bond donors (Lipinski definition) is 0. The number of rotatable bonds is 1. The molecule has 1 heterocycles. The highest BCUT2D eigenvalue weighted by Crippen LogP contribution is 2.56. The molecule has 0 bridgehead atoms. The van der Waals surface area contributed by atoms with Gasteiger partial charge in [-0.05, 0) is 24.1 Å². The van der Waals surface area contributed by atoms with Crippen LogP contribution in [0.1, 0.15) is 13.8 Å². The van der Waals surface area contributed by atoms with Crippen LogP contribution in [-0.4, -0.2) is 12.3 Å². The Morgan fingerprint density at radius 3 is 2.60 bits per heavy atom. The summed E-state index contributed by atoms with van der Waals surface area (Å²) in [5.74, 6) is 0. The molecule has 1 unspecified atom stereocenters. The van der Waals surface area contributed by atoms with Crippen molar-refractivity contribution in [3.05, 3.63) is 10.8 Å². The van der Waals surface area contributed by atoms with E-state index in [4.69, 9.17) is 16.1 Å². The molecule has 1 aliphatic heterocycles. The van der Waals surface area contributed by atoms with Crippen LogP contribution in [0.15, 0.2) is 10.8 Å². The molecule has 0 radical (unpaired) electrons. The lowest BCUT2D eigenvalue weighted by atomic mass is 10.4. The fraction of sp³-hybridized carbons (Fsp3) is 0.667. The van der Waals surface area contributed by atoms with Crippen molar-refractivity contribution in [2.75, 3.05) is 12.3 Å². The van der Waals surface area contributed by atoms with Gasteiger partial charge < -0.3 is 4.52 Å². The lowest BCUT2D eigenvalue weighted by Gasteiger charge is -2.07. The molecule has 58 valence electrons. The van der Waals surface area contributed by atoms with E-state index in [1.54, 1.807) is 0 Å². The van der Waals surface area contributed by atoms with Crippen molar-refractivity contribution in [3.63, 3.8) is 0 Å². The highest BCUT2D eigenvalue weighted by Gasteiger charge is 2.30. The quantitative estimate of drug-likeness (QED) is 0.580. The molecule has 0 aromatic rings. The topological polar surface area (TPSA) is 26.3 Å². The highest BCUT2D eigenvalue weighted by atomic mass is 35.5. The van der Waals surface area contributed by atoms with Gasteiger partial charge in [-0.2, -0.15) is 0 Å². The smallest absolute Gasteiger partial charge is 0.252 e. The summed E-state index contributed by atoms with van der Waals surface area (Å²) in [6.45, 7) is 3.70. The second-order valence-electron chi connectivity index (χ2n) is 2.43. The molecule has 1 atom stereocenters. The van der Waals surface area contributed by atoms with E-state index in [0.29, 0.717) is 17.5 Å². The van der Waals surface area contributed by atoms with Gasteiger partial charge in [0.1, 0.15) is 0 Å². The van der Waals surface area contributed by atoms with Gasteiger partial charge in [0.05, 0.1) is 6.16 Å². The van der Waals surface area contributed by atoms with Gasteiger partial charge in [-0.3, -0.25) is 4.57 Å². The number of halogens is 1. The third-order valence-electron chi connectivity index (χ3n) is 1.54. The molecule has 0 spiro atoms. The molecule has 1 rings (SSSR count). The van der Waals surface area contributed by atoms with Crippen molar-refractivity contribution < 1.29 is 9.09 Å². The Morgan fingerprint density at radius 2 is 2.40 bits per heavy atom. The molecule has 0 fully saturated rings. The first kappa shape index (κ1) is 8.16. The molecule has 0 aromatic carbocycles. The van der Waals surface area contributed by atoms with Crippen molar-refractivity contribution in [1.29, 1.82) is 0 Å². The molecular weight excluding hydrogens is 170 g/mol. The van der Waals surface area contributed by atoms with Crippen molar-refractivity contribution in [1.82, 2.24) is 0 Å². The summed E-state index contributed by atoms with van der Waals surface area (Å²) in [5.41, 5.74) is 0.909. The van der Waals surface area contributed by atoms with Gasteiger partial charge in [0.25, 0.3) is 7.37 Å². The van der Waals surface area contributed by atoms with E-state index >= 15 is 0 Å². The van der Waals surface area contributed by atoms with Crippen LogP contribution in [0.3, 0.4) is 0 Å². The molecule has 0 aliphatic carbocycles. The van der Waals surface area contributed by atoms with Gasteiger partial charge in [0, 0.05) is 6.16 Å². The summed E-state index contributed by atoms with van der Waals surface area (Å²) in [6.07, 6.45) is 1.10. The maximum absolute atomic E-state index is 11.5. The summed E-state index contributed by atoms with van der Waals surface area (Å²) in [5, 5.41) is 0.338. The van der Waals surface area contributed by atoms with Crippen molar-refractivity contribution in [2.45, 2.75) is 13.8 Å². The average molecular weight is 181 g/mol. The van der Waals surface area contributed by atoms with Gasteiger partial charge in [-0.15, -0.1) is 0 Å². The van der Waals surface area contributed by atoms with E-state index in [0.717, 1.165) is 5.57 Å². The molecule has 2 nitrogen and oxygen atoms in total. The van der Waals surface area contributed by atoms with E-state index in [1.165, 1.54) is 0 Å². The molecule has 10 heavy (non-hydrogen) atoms. The standard InChI is InChI=1S/C6H10ClO2P/c1-3-10(8)4-5(2)6(7)9-10/h3-4H2,1-2H3. The van der Waals surface area contributed by atoms with Gasteiger partial charge in [-0.1, -0.05) is 6.92 Å². The number of allylic oxidation sites excluding steroid dienone is 1. The second-order valence-corrected chi connectivity index (χ2v) is 5.54. The van der Waals surface area contributed by atoms with Crippen LogP contribution in [0.2, 0.25) is 0 Å². The molecule has 4 heteroatoms. The van der Waals surface area contributed by atoms with Crippen LogP contribution in [0.25, 0.3) is 0 Å². The Kier molecular flexibility index (Phi) is 2.12. The first-order valence-electron chi connectivity index (χ1n) is 3.20.